The maximum absolute atomic E-state index is 2.61. The zero-order chi connectivity index (χ0) is 12.8. The van der Waals surface area contributed by atoms with E-state index in [2.05, 4.69) is 48.2 Å². The Morgan fingerprint density at radius 1 is 0.889 bits per heavy atom. The van der Waals surface area contributed by atoms with Crippen molar-refractivity contribution < 1.29 is 0 Å². The molecule has 1 saturated heterocycles. The van der Waals surface area contributed by atoms with Crippen molar-refractivity contribution in [2.24, 2.45) is 0 Å². The van der Waals surface area contributed by atoms with Gasteiger partial charge in [-0.15, -0.1) is 0 Å². The van der Waals surface area contributed by atoms with E-state index in [9.17, 15) is 0 Å². The number of rotatable bonds is 3. The average Bonchev–Trinajstić information content (AvgIpc) is 2.33. The molecule has 1 aromatic rings. The quantitative estimate of drug-likeness (QED) is 0.805. The van der Waals surface area contributed by atoms with Crippen LogP contribution in [0.1, 0.15) is 37.7 Å². The van der Waals surface area contributed by atoms with Crippen LogP contribution >= 0.6 is 0 Å². The molecule has 100 valence electrons. The standard InChI is InChI=1S/C16H26N2/c1-17(2)16-10-8-15(9-11-16)14-18-12-6-4-3-5-7-13-18/h8-11H,3-7,12-14H2,1-2H3. The van der Waals surface area contributed by atoms with Crippen molar-refractivity contribution in [3.05, 3.63) is 29.8 Å². The molecule has 0 saturated carbocycles. The van der Waals surface area contributed by atoms with Crippen molar-refractivity contribution in [1.82, 2.24) is 4.90 Å². The lowest BCUT2D eigenvalue weighted by Crippen LogP contribution is -2.26. The first-order chi connectivity index (χ1) is 8.75. The van der Waals surface area contributed by atoms with Gasteiger partial charge < -0.3 is 4.90 Å². The van der Waals surface area contributed by atoms with Gasteiger partial charge in [-0.2, -0.15) is 0 Å². The Morgan fingerprint density at radius 2 is 1.44 bits per heavy atom. The zero-order valence-electron chi connectivity index (χ0n) is 11.9. The molecule has 1 fully saturated rings. The SMILES string of the molecule is CN(C)c1ccc(CN2CCCCCCC2)cc1. The van der Waals surface area contributed by atoms with E-state index in [1.807, 2.05) is 0 Å². The molecule has 0 radical (unpaired) electrons. The number of benzene rings is 1. The third-order valence-electron chi connectivity index (χ3n) is 3.81. The van der Waals surface area contributed by atoms with Gasteiger partial charge in [0.15, 0.2) is 0 Å². The summed E-state index contributed by atoms with van der Waals surface area (Å²) in [6.07, 6.45) is 7.00. The number of nitrogens with zero attached hydrogens (tertiary/aromatic N) is 2. The van der Waals surface area contributed by atoms with Gasteiger partial charge in [0.25, 0.3) is 0 Å². The minimum Gasteiger partial charge on any atom is -0.378 e. The molecule has 1 heterocycles. The van der Waals surface area contributed by atoms with Crippen LogP contribution in [-0.2, 0) is 6.54 Å². The van der Waals surface area contributed by atoms with E-state index in [0.717, 1.165) is 6.54 Å². The molecular formula is C16H26N2. The highest BCUT2D eigenvalue weighted by Gasteiger charge is 2.08. The second-order valence-electron chi connectivity index (χ2n) is 5.60. The summed E-state index contributed by atoms with van der Waals surface area (Å²) < 4.78 is 0. The van der Waals surface area contributed by atoms with E-state index < -0.39 is 0 Å². The molecule has 0 bridgehead atoms. The maximum atomic E-state index is 2.61. The molecule has 0 N–H and O–H groups in total. The van der Waals surface area contributed by atoms with Crippen molar-refractivity contribution in [3.63, 3.8) is 0 Å². The van der Waals surface area contributed by atoms with Crippen LogP contribution in [-0.4, -0.2) is 32.1 Å². The Hall–Kier alpha value is -1.02. The van der Waals surface area contributed by atoms with Crippen molar-refractivity contribution >= 4 is 5.69 Å². The average molecular weight is 246 g/mol. The van der Waals surface area contributed by atoms with Gasteiger partial charge in [0.05, 0.1) is 0 Å². The number of likely N-dealkylation sites (tertiary alicyclic amines) is 1. The molecule has 1 aliphatic rings. The Balaban J connectivity index is 1.90. The highest BCUT2D eigenvalue weighted by atomic mass is 15.1. The Bertz CT molecular complexity index is 335. The van der Waals surface area contributed by atoms with Gasteiger partial charge in [-0.05, 0) is 43.6 Å². The molecule has 0 aliphatic carbocycles. The van der Waals surface area contributed by atoms with Crippen molar-refractivity contribution in [1.29, 1.82) is 0 Å². The van der Waals surface area contributed by atoms with Crippen LogP contribution in [0.3, 0.4) is 0 Å². The first-order valence-electron chi connectivity index (χ1n) is 7.24. The second kappa shape index (κ2) is 6.79. The second-order valence-corrected chi connectivity index (χ2v) is 5.60. The third kappa shape index (κ3) is 4.02. The summed E-state index contributed by atoms with van der Waals surface area (Å²) in [6, 6.07) is 8.99. The van der Waals surface area contributed by atoms with Gasteiger partial charge in [0, 0.05) is 26.3 Å². The fourth-order valence-electron chi connectivity index (χ4n) is 2.63. The highest BCUT2D eigenvalue weighted by molar-refractivity contribution is 5.45. The molecular weight excluding hydrogens is 220 g/mol. The molecule has 0 aromatic heterocycles. The normalized spacial score (nSPS) is 18.1. The van der Waals surface area contributed by atoms with Crippen molar-refractivity contribution in [2.45, 2.75) is 38.6 Å². The summed E-state index contributed by atoms with van der Waals surface area (Å²) in [6.45, 7) is 3.67. The van der Waals surface area contributed by atoms with Gasteiger partial charge in [-0.3, -0.25) is 4.90 Å². The summed E-state index contributed by atoms with van der Waals surface area (Å²) in [5.41, 5.74) is 2.73. The van der Waals surface area contributed by atoms with Gasteiger partial charge in [0.2, 0.25) is 0 Å². The van der Waals surface area contributed by atoms with Crippen molar-refractivity contribution in [2.75, 3.05) is 32.1 Å². The summed E-state index contributed by atoms with van der Waals surface area (Å²) in [5.74, 6) is 0. The van der Waals surface area contributed by atoms with Crippen LogP contribution in [0, 0.1) is 0 Å². The van der Waals surface area contributed by atoms with E-state index >= 15 is 0 Å². The first kappa shape index (κ1) is 13.4. The molecule has 0 unspecified atom stereocenters. The molecule has 0 spiro atoms. The molecule has 2 heteroatoms. The first-order valence-corrected chi connectivity index (χ1v) is 7.24. The van der Waals surface area contributed by atoms with Crippen LogP contribution in [0.25, 0.3) is 0 Å². The fourth-order valence-corrected chi connectivity index (χ4v) is 2.63. The monoisotopic (exact) mass is 246 g/mol. The predicted molar refractivity (Wildman–Crippen MR) is 79.1 cm³/mol. The Morgan fingerprint density at radius 3 is 2.00 bits per heavy atom. The molecule has 18 heavy (non-hydrogen) atoms. The Kier molecular flexibility index (Phi) is 5.06. The number of anilines is 1. The lowest BCUT2D eigenvalue weighted by molar-refractivity contribution is 0.240. The van der Waals surface area contributed by atoms with E-state index in [1.54, 1.807) is 0 Å². The topological polar surface area (TPSA) is 6.48 Å². The summed E-state index contributed by atoms with van der Waals surface area (Å²) in [4.78, 5) is 4.77. The van der Waals surface area contributed by atoms with Gasteiger partial charge in [-0.25, -0.2) is 0 Å². The van der Waals surface area contributed by atoms with E-state index in [4.69, 9.17) is 0 Å². The largest absolute Gasteiger partial charge is 0.378 e. The Labute approximate surface area is 112 Å². The van der Waals surface area contributed by atoms with Crippen LogP contribution in [0.15, 0.2) is 24.3 Å². The van der Waals surface area contributed by atoms with Gasteiger partial charge in [-0.1, -0.05) is 31.4 Å². The molecule has 0 atom stereocenters. The molecule has 0 amide bonds. The summed E-state index contributed by atoms with van der Waals surface area (Å²) in [7, 11) is 4.18. The minimum atomic E-state index is 1.12. The van der Waals surface area contributed by atoms with Crippen LogP contribution in [0.2, 0.25) is 0 Å². The smallest absolute Gasteiger partial charge is 0.0361 e. The van der Waals surface area contributed by atoms with Gasteiger partial charge in [0.1, 0.15) is 0 Å². The summed E-state index contributed by atoms with van der Waals surface area (Å²) >= 11 is 0. The third-order valence-corrected chi connectivity index (χ3v) is 3.81. The van der Waals surface area contributed by atoms with Gasteiger partial charge >= 0.3 is 0 Å². The number of hydrogen-bond acceptors (Lipinski definition) is 2. The lowest BCUT2D eigenvalue weighted by atomic mass is 10.1. The van der Waals surface area contributed by atoms with Crippen LogP contribution in [0.5, 0.6) is 0 Å². The maximum Gasteiger partial charge on any atom is 0.0361 e. The van der Waals surface area contributed by atoms with Crippen LogP contribution < -0.4 is 4.90 Å². The summed E-state index contributed by atoms with van der Waals surface area (Å²) in [5, 5.41) is 0. The molecule has 2 nitrogen and oxygen atoms in total. The molecule has 1 aromatic carbocycles. The molecule has 2 rings (SSSR count). The zero-order valence-corrected chi connectivity index (χ0v) is 11.9. The molecule has 1 aliphatic heterocycles. The lowest BCUT2D eigenvalue weighted by Gasteiger charge is -2.24. The van der Waals surface area contributed by atoms with Crippen molar-refractivity contribution in [3.8, 4) is 0 Å². The number of hydrogen-bond donors (Lipinski definition) is 0. The minimum absolute atomic E-state index is 1.12. The van der Waals surface area contributed by atoms with E-state index in [1.165, 1.54) is 56.4 Å². The van der Waals surface area contributed by atoms with E-state index in [-0.39, 0.29) is 0 Å². The predicted octanol–water partition coefficient (Wildman–Crippen LogP) is 3.52. The highest BCUT2D eigenvalue weighted by Crippen LogP contribution is 2.16. The van der Waals surface area contributed by atoms with E-state index in [0.29, 0.717) is 0 Å². The fraction of sp³-hybridized carbons (Fsp3) is 0.625. The van der Waals surface area contributed by atoms with Crippen LogP contribution in [0.4, 0.5) is 5.69 Å².